The average molecular weight is 303 g/mol. The van der Waals surface area contributed by atoms with E-state index in [1.165, 1.54) is 0 Å². The minimum Gasteiger partial charge on any atom is -0.496 e. The van der Waals surface area contributed by atoms with Crippen molar-refractivity contribution in [2.45, 2.75) is 6.92 Å². The number of hydrogen-bond acceptors (Lipinski definition) is 4. The van der Waals surface area contributed by atoms with Crippen molar-refractivity contribution in [1.82, 2.24) is 15.1 Å². The van der Waals surface area contributed by atoms with Gasteiger partial charge in [-0.05, 0) is 25.1 Å². The largest absolute Gasteiger partial charge is 0.496 e. The summed E-state index contributed by atoms with van der Waals surface area (Å²) in [4.78, 5) is 12.1. The average Bonchev–Trinajstić information content (AvgIpc) is 2.89. The maximum atomic E-state index is 12.1. The highest BCUT2D eigenvalue weighted by atomic mass is 16.5. The van der Waals surface area contributed by atoms with Crippen LogP contribution in [-0.2, 0) is 11.8 Å². The van der Waals surface area contributed by atoms with Crippen LogP contribution in [0.15, 0.2) is 24.3 Å². The normalized spacial score (nSPS) is 10.5. The molecule has 0 fully saturated rings. The lowest BCUT2D eigenvalue weighted by molar-refractivity contribution is 0.0931. The quantitative estimate of drug-likeness (QED) is 0.826. The molecule has 1 aromatic heterocycles. The van der Waals surface area contributed by atoms with Crippen molar-refractivity contribution in [3.8, 4) is 17.0 Å². The van der Waals surface area contributed by atoms with E-state index in [9.17, 15) is 4.79 Å². The lowest BCUT2D eigenvalue weighted by atomic mass is 10.1. The van der Waals surface area contributed by atoms with Gasteiger partial charge in [-0.1, -0.05) is 11.6 Å². The summed E-state index contributed by atoms with van der Waals surface area (Å²) in [6, 6.07) is 7.68. The van der Waals surface area contributed by atoms with Gasteiger partial charge in [0.1, 0.15) is 5.75 Å². The molecule has 0 aliphatic heterocycles. The Kier molecular flexibility index (Phi) is 5.16. The van der Waals surface area contributed by atoms with Crippen molar-refractivity contribution < 1.29 is 14.3 Å². The van der Waals surface area contributed by atoms with Gasteiger partial charge in [0.05, 0.1) is 19.4 Å². The molecule has 0 spiro atoms. The van der Waals surface area contributed by atoms with Crippen molar-refractivity contribution in [1.29, 1.82) is 0 Å². The Morgan fingerprint density at radius 1 is 1.32 bits per heavy atom. The molecule has 118 valence electrons. The zero-order valence-electron chi connectivity index (χ0n) is 13.3. The number of nitrogens with zero attached hydrogens (tertiary/aromatic N) is 2. The molecule has 0 saturated heterocycles. The van der Waals surface area contributed by atoms with Gasteiger partial charge in [0.2, 0.25) is 0 Å². The molecule has 1 heterocycles. The fraction of sp³-hybridized carbons (Fsp3) is 0.375. The molecule has 1 amide bonds. The third kappa shape index (κ3) is 3.46. The third-order valence-electron chi connectivity index (χ3n) is 3.34. The first-order valence-electron chi connectivity index (χ1n) is 7.03. The van der Waals surface area contributed by atoms with Crippen LogP contribution < -0.4 is 10.1 Å². The van der Waals surface area contributed by atoms with Gasteiger partial charge in [0.25, 0.3) is 5.91 Å². The maximum Gasteiger partial charge on any atom is 0.271 e. The summed E-state index contributed by atoms with van der Waals surface area (Å²) < 4.78 is 12.0. The molecule has 6 heteroatoms. The van der Waals surface area contributed by atoms with E-state index in [1.54, 1.807) is 25.0 Å². The van der Waals surface area contributed by atoms with Gasteiger partial charge in [0, 0.05) is 26.3 Å². The van der Waals surface area contributed by atoms with Crippen LogP contribution >= 0.6 is 0 Å². The molecule has 2 aromatic rings. The van der Waals surface area contributed by atoms with Crippen molar-refractivity contribution in [3.05, 3.63) is 35.5 Å². The summed E-state index contributed by atoms with van der Waals surface area (Å²) >= 11 is 0. The van der Waals surface area contributed by atoms with Crippen molar-refractivity contribution in [2.75, 3.05) is 27.4 Å². The Balaban J connectivity index is 2.30. The number of hydrogen-bond donors (Lipinski definition) is 1. The zero-order valence-corrected chi connectivity index (χ0v) is 13.3. The smallest absolute Gasteiger partial charge is 0.271 e. The zero-order chi connectivity index (χ0) is 16.1. The van der Waals surface area contributed by atoms with E-state index in [-0.39, 0.29) is 5.91 Å². The number of benzene rings is 1. The number of amides is 1. The van der Waals surface area contributed by atoms with Crippen LogP contribution in [0.1, 0.15) is 16.1 Å². The monoisotopic (exact) mass is 303 g/mol. The minimum absolute atomic E-state index is 0.217. The topological polar surface area (TPSA) is 65.4 Å². The van der Waals surface area contributed by atoms with Gasteiger partial charge in [-0.25, -0.2) is 0 Å². The standard InChI is InChI=1S/C16H21N3O3/c1-11-5-6-15(22-4)12(9-11)14-10-13(18-19(14)2)16(20)17-7-8-21-3/h5-6,9-10H,7-8H2,1-4H3,(H,17,20). The maximum absolute atomic E-state index is 12.1. The second kappa shape index (κ2) is 7.09. The second-order valence-corrected chi connectivity index (χ2v) is 4.99. The van der Waals surface area contributed by atoms with E-state index < -0.39 is 0 Å². The highest BCUT2D eigenvalue weighted by Crippen LogP contribution is 2.30. The lowest BCUT2D eigenvalue weighted by Gasteiger charge is -2.09. The van der Waals surface area contributed by atoms with E-state index in [4.69, 9.17) is 9.47 Å². The number of aryl methyl sites for hydroxylation is 2. The van der Waals surface area contributed by atoms with Gasteiger partial charge in [-0.2, -0.15) is 5.10 Å². The second-order valence-electron chi connectivity index (χ2n) is 4.99. The van der Waals surface area contributed by atoms with Crippen molar-refractivity contribution in [3.63, 3.8) is 0 Å². The summed E-state index contributed by atoms with van der Waals surface area (Å²) in [6.07, 6.45) is 0. The van der Waals surface area contributed by atoms with Gasteiger partial charge in [0.15, 0.2) is 5.69 Å². The molecule has 0 saturated carbocycles. The van der Waals surface area contributed by atoms with Crippen LogP contribution in [0.5, 0.6) is 5.75 Å². The molecule has 0 aliphatic rings. The fourth-order valence-corrected chi connectivity index (χ4v) is 2.21. The molecule has 0 unspecified atom stereocenters. The number of carbonyl (C=O) groups is 1. The molecule has 0 atom stereocenters. The summed E-state index contributed by atoms with van der Waals surface area (Å²) in [6.45, 7) is 2.93. The van der Waals surface area contributed by atoms with Crippen molar-refractivity contribution >= 4 is 5.91 Å². The number of ether oxygens (including phenoxy) is 2. The molecule has 2 rings (SSSR count). The Labute approximate surface area is 130 Å². The first-order valence-corrected chi connectivity index (χ1v) is 7.03. The molecule has 1 aromatic carbocycles. The Hall–Kier alpha value is -2.34. The van der Waals surface area contributed by atoms with E-state index in [0.717, 1.165) is 22.6 Å². The van der Waals surface area contributed by atoms with Gasteiger partial charge < -0.3 is 14.8 Å². The van der Waals surface area contributed by atoms with Crippen molar-refractivity contribution in [2.24, 2.45) is 7.05 Å². The molecule has 6 nitrogen and oxygen atoms in total. The number of rotatable bonds is 6. The number of carbonyl (C=O) groups excluding carboxylic acids is 1. The lowest BCUT2D eigenvalue weighted by Crippen LogP contribution is -2.27. The van der Waals surface area contributed by atoms with Crippen LogP contribution in [0.25, 0.3) is 11.3 Å². The van der Waals surface area contributed by atoms with Crippen LogP contribution in [-0.4, -0.2) is 43.1 Å². The number of nitrogens with one attached hydrogen (secondary N) is 1. The molecule has 0 aliphatic carbocycles. The summed E-state index contributed by atoms with van der Waals surface area (Å²) in [7, 11) is 5.03. The molecule has 1 N–H and O–H groups in total. The SMILES string of the molecule is COCCNC(=O)c1cc(-c2cc(C)ccc2OC)n(C)n1. The summed E-state index contributed by atoms with van der Waals surface area (Å²) in [5.41, 5.74) is 3.23. The van der Waals surface area contributed by atoms with Gasteiger partial charge in [-0.15, -0.1) is 0 Å². The first kappa shape index (κ1) is 16.0. The predicted molar refractivity (Wildman–Crippen MR) is 84.1 cm³/mol. The predicted octanol–water partition coefficient (Wildman–Crippen LogP) is 1.78. The highest BCUT2D eigenvalue weighted by Gasteiger charge is 2.16. The van der Waals surface area contributed by atoms with Crippen LogP contribution in [0.2, 0.25) is 0 Å². The Morgan fingerprint density at radius 3 is 2.77 bits per heavy atom. The van der Waals surface area contributed by atoms with Gasteiger partial charge in [-0.3, -0.25) is 9.48 Å². The Morgan fingerprint density at radius 2 is 2.09 bits per heavy atom. The molecule has 0 radical (unpaired) electrons. The van der Waals surface area contributed by atoms with Gasteiger partial charge >= 0.3 is 0 Å². The van der Waals surface area contributed by atoms with E-state index in [1.807, 2.05) is 32.2 Å². The highest BCUT2D eigenvalue weighted by molar-refractivity contribution is 5.93. The van der Waals surface area contributed by atoms with E-state index in [0.29, 0.717) is 18.8 Å². The van der Waals surface area contributed by atoms with Crippen LogP contribution in [0.4, 0.5) is 0 Å². The molecular weight excluding hydrogens is 282 g/mol. The van der Waals surface area contributed by atoms with Crippen LogP contribution in [0.3, 0.4) is 0 Å². The number of methoxy groups -OCH3 is 2. The summed E-state index contributed by atoms with van der Waals surface area (Å²) in [5, 5.41) is 7.04. The molecular formula is C16H21N3O3. The fourth-order valence-electron chi connectivity index (χ4n) is 2.21. The van der Waals surface area contributed by atoms with Crippen LogP contribution in [0, 0.1) is 6.92 Å². The minimum atomic E-state index is -0.217. The molecule has 0 bridgehead atoms. The first-order chi connectivity index (χ1) is 10.6. The number of aromatic nitrogens is 2. The summed E-state index contributed by atoms with van der Waals surface area (Å²) in [5.74, 6) is 0.533. The molecule has 22 heavy (non-hydrogen) atoms. The van der Waals surface area contributed by atoms with E-state index >= 15 is 0 Å². The van der Waals surface area contributed by atoms with E-state index in [2.05, 4.69) is 10.4 Å². The Bertz CT molecular complexity index is 665. The third-order valence-corrected chi connectivity index (χ3v) is 3.34.